The highest BCUT2D eigenvalue weighted by Crippen LogP contribution is 2.35. The third-order valence-electron chi connectivity index (χ3n) is 3.92. The van der Waals surface area contributed by atoms with Gasteiger partial charge in [-0.25, -0.2) is 0 Å². The van der Waals surface area contributed by atoms with E-state index in [1.165, 1.54) is 29.7 Å². The molecule has 1 heterocycles. The summed E-state index contributed by atoms with van der Waals surface area (Å²) in [5, 5.41) is 5.79. The minimum Gasteiger partial charge on any atom is -0.378 e. The van der Waals surface area contributed by atoms with E-state index >= 15 is 0 Å². The van der Waals surface area contributed by atoms with Gasteiger partial charge in [0.1, 0.15) is 0 Å². The van der Waals surface area contributed by atoms with Gasteiger partial charge in [0.2, 0.25) is 0 Å². The number of nitrogens with one attached hydrogen (secondary N) is 1. The highest BCUT2D eigenvalue weighted by Gasteiger charge is 2.20. The smallest absolute Gasteiger partial charge is 0.162 e. The molecule has 104 valence electrons. The van der Waals surface area contributed by atoms with Gasteiger partial charge >= 0.3 is 0 Å². The first-order chi connectivity index (χ1) is 9.78. The van der Waals surface area contributed by atoms with Gasteiger partial charge in [-0.05, 0) is 60.5 Å². The largest absolute Gasteiger partial charge is 0.378 e. The Balaban J connectivity index is 1.75. The third kappa shape index (κ3) is 2.63. The predicted molar refractivity (Wildman–Crippen MR) is 84.7 cm³/mol. The Morgan fingerprint density at radius 1 is 1.30 bits per heavy atom. The molecular weight excluding hydrogens is 266 g/mol. The van der Waals surface area contributed by atoms with Crippen LogP contribution in [-0.4, -0.2) is 5.78 Å². The van der Waals surface area contributed by atoms with E-state index in [0.717, 1.165) is 11.3 Å². The van der Waals surface area contributed by atoms with Gasteiger partial charge in [0.25, 0.3) is 0 Å². The summed E-state index contributed by atoms with van der Waals surface area (Å²) in [6.45, 7) is 1.90. The number of Topliss-reactive ketones (excluding diaryl/α,β-unsaturated/α-hetero) is 1. The molecule has 1 aliphatic carbocycles. The van der Waals surface area contributed by atoms with Crippen molar-refractivity contribution in [2.45, 2.75) is 38.6 Å². The Hall–Kier alpha value is -1.61. The van der Waals surface area contributed by atoms with Gasteiger partial charge in [-0.2, -0.15) is 0 Å². The van der Waals surface area contributed by atoms with E-state index in [-0.39, 0.29) is 5.78 Å². The molecule has 0 fully saturated rings. The summed E-state index contributed by atoms with van der Waals surface area (Å²) in [7, 11) is 0. The van der Waals surface area contributed by atoms with E-state index in [4.69, 9.17) is 0 Å². The van der Waals surface area contributed by atoms with Gasteiger partial charge in [-0.3, -0.25) is 4.79 Å². The zero-order valence-corrected chi connectivity index (χ0v) is 12.5. The van der Waals surface area contributed by atoms with Gasteiger partial charge in [-0.15, -0.1) is 11.3 Å². The quantitative estimate of drug-likeness (QED) is 0.815. The fourth-order valence-corrected chi connectivity index (χ4v) is 3.78. The number of carbonyl (C=O) groups excluding carboxylic acids is 1. The number of anilines is 1. The number of hydrogen-bond donors (Lipinski definition) is 1. The van der Waals surface area contributed by atoms with Crippen LogP contribution in [0.2, 0.25) is 0 Å². The lowest BCUT2D eigenvalue weighted by atomic mass is 9.94. The normalized spacial score (nSPS) is 17.6. The second-order valence-electron chi connectivity index (χ2n) is 5.24. The number of carbonyl (C=O) groups is 1. The maximum absolute atomic E-state index is 11.6. The molecule has 0 amide bonds. The summed E-state index contributed by atoms with van der Waals surface area (Å²) in [6.07, 6.45) is 4.21. The van der Waals surface area contributed by atoms with E-state index in [2.05, 4.69) is 16.8 Å². The van der Waals surface area contributed by atoms with E-state index in [1.807, 2.05) is 42.5 Å². The number of thiophene rings is 1. The van der Waals surface area contributed by atoms with Crippen LogP contribution in [0.4, 0.5) is 5.69 Å². The molecule has 1 aliphatic rings. The van der Waals surface area contributed by atoms with E-state index in [9.17, 15) is 4.79 Å². The van der Waals surface area contributed by atoms with Crippen LogP contribution >= 0.6 is 11.3 Å². The van der Waals surface area contributed by atoms with Gasteiger partial charge in [0.15, 0.2) is 5.78 Å². The van der Waals surface area contributed by atoms with Crippen LogP contribution in [0, 0.1) is 0 Å². The van der Waals surface area contributed by atoms with Crippen molar-refractivity contribution in [1.82, 2.24) is 0 Å². The van der Waals surface area contributed by atoms with Crippen LogP contribution in [0.25, 0.3) is 0 Å². The number of rotatable bonds is 4. The summed E-state index contributed by atoms with van der Waals surface area (Å²) in [5.74, 6) is 0.203. The van der Waals surface area contributed by atoms with Crippen molar-refractivity contribution in [3.05, 3.63) is 51.7 Å². The zero-order valence-electron chi connectivity index (χ0n) is 11.7. The number of hydrogen-bond acceptors (Lipinski definition) is 3. The van der Waals surface area contributed by atoms with Crippen molar-refractivity contribution in [2.75, 3.05) is 5.32 Å². The molecule has 2 aromatic rings. The standard InChI is InChI=1S/C17H19NOS/c1-2-16(19)12-6-8-13(9-7-12)18-15-4-3-5-17-14(15)10-11-20-17/h6-11,15,18H,2-5H2,1H3. The average molecular weight is 285 g/mol. The molecule has 1 atom stereocenters. The molecule has 1 aromatic heterocycles. The molecule has 3 rings (SSSR count). The lowest BCUT2D eigenvalue weighted by molar-refractivity contribution is 0.0988. The molecule has 1 aromatic carbocycles. The Kier molecular flexibility index (Phi) is 3.88. The average Bonchev–Trinajstić information content (AvgIpc) is 2.97. The summed E-state index contributed by atoms with van der Waals surface area (Å²) in [5.41, 5.74) is 3.36. The van der Waals surface area contributed by atoms with Crippen molar-refractivity contribution in [1.29, 1.82) is 0 Å². The van der Waals surface area contributed by atoms with Crippen molar-refractivity contribution < 1.29 is 4.79 Å². The SMILES string of the molecule is CCC(=O)c1ccc(NC2CCCc3sccc32)cc1. The monoisotopic (exact) mass is 285 g/mol. The Morgan fingerprint density at radius 3 is 2.85 bits per heavy atom. The minimum atomic E-state index is 0.203. The van der Waals surface area contributed by atoms with Gasteiger partial charge < -0.3 is 5.32 Å². The fraction of sp³-hybridized carbons (Fsp3) is 0.353. The number of fused-ring (bicyclic) bond motifs is 1. The van der Waals surface area contributed by atoms with Crippen LogP contribution in [0.3, 0.4) is 0 Å². The third-order valence-corrected chi connectivity index (χ3v) is 4.92. The molecule has 0 aliphatic heterocycles. The molecule has 1 unspecified atom stereocenters. The number of ketones is 1. The first-order valence-electron chi connectivity index (χ1n) is 7.24. The molecule has 0 bridgehead atoms. The zero-order chi connectivity index (χ0) is 13.9. The highest BCUT2D eigenvalue weighted by atomic mass is 32.1. The predicted octanol–water partition coefficient (Wildman–Crippen LogP) is 4.83. The van der Waals surface area contributed by atoms with Crippen LogP contribution in [0.15, 0.2) is 35.7 Å². The first-order valence-corrected chi connectivity index (χ1v) is 8.12. The van der Waals surface area contributed by atoms with Crippen LogP contribution < -0.4 is 5.32 Å². The van der Waals surface area contributed by atoms with Crippen LogP contribution in [0.1, 0.15) is 53.0 Å². The summed E-state index contributed by atoms with van der Waals surface area (Å²) in [6, 6.07) is 10.5. The van der Waals surface area contributed by atoms with E-state index in [1.54, 1.807) is 0 Å². The topological polar surface area (TPSA) is 29.1 Å². The van der Waals surface area contributed by atoms with Gasteiger partial charge in [-0.1, -0.05) is 6.92 Å². The van der Waals surface area contributed by atoms with Crippen molar-refractivity contribution >= 4 is 22.8 Å². The molecule has 1 N–H and O–H groups in total. The van der Waals surface area contributed by atoms with Crippen molar-refractivity contribution in [3.63, 3.8) is 0 Å². The fourth-order valence-electron chi connectivity index (χ4n) is 2.79. The van der Waals surface area contributed by atoms with Crippen molar-refractivity contribution in [3.8, 4) is 0 Å². The molecule has 3 heteroatoms. The molecule has 2 nitrogen and oxygen atoms in total. The van der Waals surface area contributed by atoms with Gasteiger partial charge in [0, 0.05) is 22.5 Å². The summed E-state index contributed by atoms with van der Waals surface area (Å²) >= 11 is 1.86. The molecule has 0 spiro atoms. The molecule has 20 heavy (non-hydrogen) atoms. The van der Waals surface area contributed by atoms with Crippen molar-refractivity contribution in [2.24, 2.45) is 0 Å². The molecule has 0 saturated carbocycles. The maximum Gasteiger partial charge on any atom is 0.162 e. The van der Waals surface area contributed by atoms with E-state index in [0.29, 0.717) is 12.5 Å². The second-order valence-corrected chi connectivity index (χ2v) is 6.24. The highest BCUT2D eigenvalue weighted by molar-refractivity contribution is 7.10. The lowest BCUT2D eigenvalue weighted by Crippen LogP contribution is -2.15. The van der Waals surface area contributed by atoms with Gasteiger partial charge in [0.05, 0.1) is 6.04 Å². The molecule has 0 saturated heterocycles. The first kappa shape index (κ1) is 13.4. The number of aryl methyl sites for hydroxylation is 1. The summed E-state index contributed by atoms with van der Waals surface area (Å²) < 4.78 is 0. The lowest BCUT2D eigenvalue weighted by Gasteiger charge is -2.24. The Bertz CT molecular complexity index is 600. The summed E-state index contributed by atoms with van der Waals surface area (Å²) in [4.78, 5) is 13.1. The molecule has 0 radical (unpaired) electrons. The second kappa shape index (κ2) is 5.80. The molecular formula is C17H19NOS. The van der Waals surface area contributed by atoms with E-state index < -0.39 is 0 Å². The van der Waals surface area contributed by atoms with Crippen LogP contribution in [0.5, 0.6) is 0 Å². The van der Waals surface area contributed by atoms with Crippen LogP contribution in [-0.2, 0) is 6.42 Å². The minimum absolute atomic E-state index is 0.203. The Morgan fingerprint density at radius 2 is 2.10 bits per heavy atom. The maximum atomic E-state index is 11.6. The Labute approximate surface area is 123 Å². The number of benzene rings is 1.